The highest BCUT2D eigenvalue weighted by molar-refractivity contribution is 5.87. The Morgan fingerprint density at radius 2 is 1.67 bits per heavy atom. The molecule has 0 unspecified atom stereocenters. The van der Waals surface area contributed by atoms with E-state index >= 15 is 0 Å². The highest BCUT2D eigenvalue weighted by atomic mass is 16.5. The van der Waals surface area contributed by atoms with Gasteiger partial charge in [0.25, 0.3) is 0 Å². The monoisotopic (exact) mass is 402 g/mol. The van der Waals surface area contributed by atoms with Crippen molar-refractivity contribution in [1.82, 2.24) is 10.3 Å². The first-order valence-corrected chi connectivity index (χ1v) is 9.89. The summed E-state index contributed by atoms with van der Waals surface area (Å²) in [6, 6.07) is 18.0. The minimum atomic E-state index is -0.999. The van der Waals surface area contributed by atoms with Gasteiger partial charge in [-0.15, -0.1) is 0 Å². The number of carboxylic acids is 1. The Labute approximate surface area is 174 Å². The number of aromatic carboxylic acids is 1. The molecule has 0 atom stereocenters. The summed E-state index contributed by atoms with van der Waals surface area (Å²) >= 11 is 0. The Kier molecular flexibility index (Phi) is 5.75. The molecule has 0 fully saturated rings. The van der Waals surface area contributed by atoms with Crippen LogP contribution in [-0.4, -0.2) is 35.3 Å². The van der Waals surface area contributed by atoms with Crippen LogP contribution in [0.1, 0.15) is 39.4 Å². The van der Waals surface area contributed by atoms with Crippen LogP contribution >= 0.6 is 0 Å². The Bertz CT molecular complexity index is 1030. The van der Waals surface area contributed by atoms with Crippen molar-refractivity contribution in [2.45, 2.75) is 18.8 Å². The van der Waals surface area contributed by atoms with Gasteiger partial charge in [-0.25, -0.2) is 9.59 Å². The molecule has 0 radical (unpaired) electrons. The molecule has 2 N–H and O–H groups in total. The van der Waals surface area contributed by atoms with Crippen molar-refractivity contribution in [3.63, 3.8) is 0 Å². The van der Waals surface area contributed by atoms with Crippen molar-refractivity contribution < 1.29 is 19.4 Å². The molecule has 3 aromatic rings. The first-order valence-electron chi connectivity index (χ1n) is 9.89. The minimum Gasteiger partial charge on any atom is -0.478 e. The van der Waals surface area contributed by atoms with Crippen molar-refractivity contribution >= 4 is 12.1 Å². The summed E-state index contributed by atoms with van der Waals surface area (Å²) in [6.45, 7) is 0.721. The maximum absolute atomic E-state index is 12.2. The number of benzene rings is 2. The number of fused-ring (bicyclic) bond motifs is 3. The predicted octanol–water partition coefficient (Wildman–Crippen LogP) is 4.25. The number of hydrogen-bond acceptors (Lipinski definition) is 4. The Morgan fingerprint density at radius 1 is 1.00 bits per heavy atom. The largest absolute Gasteiger partial charge is 0.478 e. The molecule has 6 nitrogen and oxygen atoms in total. The molecular weight excluding hydrogens is 380 g/mol. The molecule has 6 heteroatoms. The average Bonchev–Trinajstić information content (AvgIpc) is 3.09. The molecule has 0 spiro atoms. The van der Waals surface area contributed by atoms with E-state index in [9.17, 15) is 9.59 Å². The topological polar surface area (TPSA) is 88.5 Å². The second kappa shape index (κ2) is 8.78. The van der Waals surface area contributed by atoms with E-state index in [1.165, 1.54) is 28.5 Å². The SMILES string of the molecule is O=C(NCCCc1cncc(C(=O)O)c1)OCC1c2ccccc2-c2ccccc21. The van der Waals surface area contributed by atoms with Gasteiger partial charge in [0, 0.05) is 24.9 Å². The van der Waals surface area contributed by atoms with Crippen molar-refractivity contribution in [3.8, 4) is 11.1 Å². The van der Waals surface area contributed by atoms with E-state index in [4.69, 9.17) is 9.84 Å². The predicted molar refractivity (Wildman–Crippen MR) is 113 cm³/mol. The summed E-state index contributed by atoms with van der Waals surface area (Å²) in [4.78, 5) is 27.1. The number of carbonyl (C=O) groups excluding carboxylic acids is 1. The third-order valence-electron chi connectivity index (χ3n) is 5.30. The summed E-state index contributed by atoms with van der Waals surface area (Å²) < 4.78 is 5.50. The van der Waals surface area contributed by atoms with E-state index in [-0.39, 0.29) is 18.1 Å². The number of alkyl carbamates (subject to hydrolysis) is 1. The first-order chi connectivity index (χ1) is 14.6. The fraction of sp³-hybridized carbons (Fsp3) is 0.208. The number of amides is 1. The van der Waals surface area contributed by atoms with E-state index in [1.54, 1.807) is 12.3 Å². The van der Waals surface area contributed by atoms with E-state index in [2.05, 4.69) is 34.6 Å². The molecule has 1 heterocycles. The normalized spacial score (nSPS) is 12.1. The summed E-state index contributed by atoms with van der Waals surface area (Å²) in [6.07, 6.45) is 3.79. The zero-order valence-electron chi connectivity index (χ0n) is 16.4. The van der Waals surface area contributed by atoms with Gasteiger partial charge in [-0.3, -0.25) is 4.98 Å². The molecule has 1 amide bonds. The van der Waals surface area contributed by atoms with Crippen LogP contribution in [0.25, 0.3) is 11.1 Å². The zero-order valence-corrected chi connectivity index (χ0v) is 16.4. The van der Waals surface area contributed by atoms with Crippen molar-refractivity contribution in [1.29, 1.82) is 0 Å². The highest BCUT2D eigenvalue weighted by Gasteiger charge is 2.28. The fourth-order valence-corrected chi connectivity index (χ4v) is 3.87. The second-order valence-electron chi connectivity index (χ2n) is 7.24. The van der Waals surface area contributed by atoms with Crippen molar-refractivity contribution in [2.24, 2.45) is 0 Å². The maximum atomic E-state index is 12.2. The molecule has 1 aliphatic rings. The Hall–Kier alpha value is -3.67. The number of nitrogens with one attached hydrogen (secondary N) is 1. The lowest BCUT2D eigenvalue weighted by molar-refractivity contribution is 0.0696. The molecule has 152 valence electrons. The highest BCUT2D eigenvalue weighted by Crippen LogP contribution is 2.44. The van der Waals surface area contributed by atoms with Gasteiger partial charge in [0.05, 0.1) is 5.56 Å². The summed E-state index contributed by atoms with van der Waals surface area (Å²) in [7, 11) is 0. The molecule has 1 aromatic heterocycles. The zero-order chi connectivity index (χ0) is 20.9. The van der Waals surface area contributed by atoms with Crippen LogP contribution in [0, 0.1) is 0 Å². The lowest BCUT2D eigenvalue weighted by Gasteiger charge is -2.14. The molecule has 2 aromatic carbocycles. The van der Waals surface area contributed by atoms with Crippen LogP contribution in [0.2, 0.25) is 0 Å². The van der Waals surface area contributed by atoms with E-state index in [1.807, 2.05) is 24.3 Å². The number of pyridine rings is 1. The molecule has 30 heavy (non-hydrogen) atoms. The van der Waals surface area contributed by atoms with Crippen LogP contribution in [0.15, 0.2) is 67.0 Å². The van der Waals surface area contributed by atoms with Gasteiger partial charge >= 0.3 is 12.1 Å². The number of aromatic nitrogens is 1. The molecule has 0 bridgehead atoms. The molecular formula is C24H22N2O4. The third-order valence-corrected chi connectivity index (χ3v) is 5.30. The van der Waals surface area contributed by atoms with Gasteiger partial charge in [0.2, 0.25) is 0 Å². The van der Waals surface area contributed by atoms with Crippen LogP contribution in [0.3, 0.4) is 0 Å². The standard InChI is InChI=1S/C24H22N2O4/c27-23(28)17-12-16(13-25-14-17)6-5-11-26-24(29)30-15-22-20-9-3-1-7-18(20)19-8-2-4-10-21(19)22/h1-4,7-10,12-14,22H,5-6,11,15H2,(H,26,29)(H,27,28). The van der Waals surface area contributed by atoms with E-state index in [0.717, 1.165) is 5.56 Å². The van der Waals surface area contributed by atoms with Crippen molar-refractivity contribution in [3.05, 3.63) is 89.2 Å². The van der Waals surface area contributed by atoms with Crippen LogP contribution in [0.5, 0.6) is 0 Å². The number of nitrogens with zero attached hydrogens (tertiary/aromatic N) is 1. The minimum absolute atomic E-state index is 0.0352. The van der Waals surface area contributed by atoms with Crippen LogP contribution in [0.4, 0.5) is 4.79 Å². The number of carbonyl (C=O) groups is 2. The summed E-state index contributed by atoms with van der Waals surface area (Å²) in [5.41, 5.74) is 5.73. The molecule has 0 saturated heterocycles. The van der Waals surface area contributed by atoms with Gasteiger partial charge in [0.1, 0.15) is 6.61 Å². The molecule has 1 aliphatic carbocycles. The fourth-order valence-electron chi connectivity index (χ4n) is 3.87. The third kappa shape index (κ3) is 4.17. The van der Waals surface area contributed by atoms with Crippen molar-refractivity contribution in [2.75, 3.05) is 13.2 Å². The van der Waals surface area contributed by atoms with E-state index in [0.29, 0.717) is 19.4 Å². The Balaban J connectivity index is 1.28. The summed E-state index contributed by atoms with van der Waals surface area (Å²) in [5.74, 6) is -0.964. The lowest BCUT2D eigenvalue weighted by atomic mass is 9.98. The molecule has 0 saturated carbocycles. The second-order valence-corrected chi connectivity index (χ2v) is 7.24. The van der Waals surface area contributed by atoms with Gasteiger partial charge in [0.15, 0.2) is 0 Å². The smallest absolute Gasteiger partial charge is 0.407 e. The average molecular weight is 402 g/mol. The first kappa shape index (κ1) is 19.6. The quantitative estimate of drug-likeness (QED) is 0.577. The van der Waals surface area contributed by atoms with Gasteiger partial charge in [-0.2, -0.15) is 0 Å². The molecule has 0 aliphatic heterocycles. The number of hydrogen-bond donors (Lipinski definition) is 2. The molecule has 4 rings (SSSR count). The lowest BCUT2D eigenvalue weighted by Crippen LogP contribution is -2.27. The number of carboxylic acid groups (broad SMARTS) is 1. The maximum Gasteiger partial charge on any atom is 0.407 e. The van der Waals surface area contributed by atoms with Gasteiger partial charge in [-0.05, 0) is 46.7 Å². The summed E-state index contributed by atoms with van der Waals surface area (Å²) in [5, 5.41) is 11.8. The van der Waals surface area contributed by atoms with Crippen LogP contribution in [-0.2, 0) is 11.2 Å². The Morgan fingerprint density at radius 3 is 2.33 bits per heavy atom. The number of aryl methyl sites for hydroxylation is 1. The van der Waals surface area contributed by atoms with E-state index < -0.39 is 12.1 Å². The van der Waals surface area contributed by atoms with Gasteiger partial charge < -0.3 is 15.2 Å². The van der Waals surface area contributed by atoms with Crippen LogP contribution < -0.4 is 5.32 Å². The number of rotatable bonds is 7. The van der Waals surface area contributed by atoms with Gasteiger partial charge in [-0.1, -0.05) is 48.5 Å². The number of ether oxygens (including phenoxy) is 1.